The Labute approximate surface area is 167 Å². The fourth-order valence-electron chi connectivity index (χ4n) is 3.29. The zero-order valence-corrected chi connectivity index (χ0v) is 16.8. The van der Waals surface area contributed by atoms with Crippen LogP contribution in [0.25, 0.3) is 28.2 Å². The fourth-order valence-corrected chi connectivity index (χ4v) is 3.29. The van der Waals surface area contributed by atoms with Gasteiger partial charge in [-0.3, -0.25) is 15.0 Å². The molecule has 4 aromatic rings. The molecule has 0 aliphatic heterocycles. The molecule has 0 amide bonds. The third kappa shape index (κ3) is 3.42. The predicted octanol–water partition coefficient (Wildman–Crippen LogP) is 3.36. The van der Waals surface area contributed by atoms with E-state index in [9.17, 15) is 4.79 Å². The second-order valence-corrected chi connectivity index (χ2v) is 7.13. The first kappa shape index (κ1) is 18.9. The second kappa shape index (κ2) is 7.56. The Morgan fingerprint density at radius 1 is 1.10 bits per heavy atom. The standard InChI is InChI=1S/C21H23N5O3/c1-12(2)15-9-17(24-23-15)16-10-19(27)26-21(22-16)20(18(25-26)11-28-3)13-5-7-14(29-4)8-6-13/h5-10,12,25H,11H2,1-4H3,(H,23,24). The van der Waals surface area contributed by atoms with E-state index in [1.165, 1.54) is 10.6 Å². The molecular weight excluding hydrogens is 370 g/mol. The first-order chi connectivity index (χ1) is 14.0. The minimum absolute atomic E-state index is 0.212. The number of aromatic nitrogens is 5. The molecule has 2 N–H and O–H groups in total. The van der Waals surface area contributed by atoms with Gasteiger partial charge < -0.3 is 9.47 Å². The molecule has 0 saturated heterocycles. The van der Waals surface area contributed by atoms with Crippen LogP contribution in [-0.2, 0) is 11.3 Å². The Morgan fingerprint density at radius 3 is 2.48 bits per heavy atom. The molecule has 3 heterocycles. The van der Waals surface area contributed by atoms with Crippen molar-refractivity contribution in [2.24, 2.45) is 0 Å². The molecule has 0 fully saturated rings. The maximum Gasteiger partial charge on any atom is 0.273 e. The van der Waals surface area contributed by atoms with Crippen LogP contribution < -0.4 is 10.3 Å². The van der Waals surface area contributed by atoms with Crippen LogP contribution in [0.1, 0.15) is 31.2 Å². The Bertz CT molecular complexity index is 1200. The van der Waals surface area contributed by atoms with Crippen LogP contribution in [0.2, 0.25) is 0 Å². The summed E-state index contributed by atoms with van der Waals surface area (Å²) in [5.74, 6) is 1.06. The SMILES string of the molecule is COCc1[nH]n2c(=O)cc(-c3cc(C(C)C)[nH]n3)nc2c1-c1ccc(OC)cc1. The summed E-state index contributed by atoms with van der Waals surface area (Å²) in [6.07, 6.45) is 0. The zero-order valence-electron chi connectivity index (χ0n) is 16.8. The number of hydrogen-bond acceptors (Lipinski definition) is 5. The van der Waals surface area contributed by atoms with E-state index >= 15 is 0 Å². The fraction of sp³-hybridized carbons (Fsp3) is 0.286. The largest absolute Gasteiger partial charge is 0.497 e. The first-order valence-corrected chi connectivity index (χ1v) is 9.35. The van der Waals surface area contributed by atoms with Gasteiger partial charge in [-0.1, -0.05) is 26.0 Å². The maximum atomic E-state index is 12.8. The van der Waals surface area contributed by atoms with Crippen molar-refractivity contribution in [2.45, 2.75) is 26.4 Å². The Hall–Kier alpha value is -3.39. The highest BCUT2D eigenvalue weighted by Gasteiger charge is 2.19. The highest BCUT2D eigenvalue weighted by molar-refractivity contribution is 5.81. The number of H-pyrrole nitrogens is 2. The second-order valence-electron chi connectivity index (χ2n) is 7.13. The summed E-state index contributed by atoms with van der Waals surface area (Å²) in [6, 6.07) is 11.0. The summed E-state index contributed by atoms with van der Waals surface area (Å²) >= 11 is 0. The number of benzene rings is 1. The molecule has 0 aliphatic rings. The Balaban J connectivity index is 1.93. The number of fused-ring (bicyclic) bond motifs is 1. The topological polar surface area (TPSA) is 97.3 Å². The van der Waals surface area contributed by atoms with Crippen LogP contribution in [-0.4, -0.2) is 39.0 Å². The van der Waals surface area contributed by atoms with E-state index in [-0.39, 0.29) is 5.56 Å². The lowest BCUT2D eigenvalue weighted by molar-refractivity contribution is 0.181. The van der Waals surface area contributed by atoms with Gasteiger partial charge in [0.1, 0.15) is 11.4 Å². The lowest BCUT2D eigenvalue weighted by Gasteiger charge is -2.05. The summed E-state index contributed by atoms with van der Waals surface area (Å²) in [4.78, 5) is 17.6. The van der Waals surface area contributed by atoms with Crippen LogP contribution in [0, 0.1) is 0 Å². The van der Waals surface area contributed by atoms with Crippen molar-refractivity contribution in [2.75, 3.05) is 14.2 Å². The summed E-state index contributed by atoms with van der Waals surface area (Å²) in [5.41, 5.74) is 4.96. The number of rotatable bonds is 6. The number of ether oxygens (including phenoxy) is 2. The molecule has 0 bridgehead atoms. The molecule has 0 atom stereocenters. The van der Waals surface area contributed by atoms with Crippen molar-refractivity contribution in [3.8, 4) is 28.3 Å². The molecule has 1 aromatic carbocycles. The van der Waals surface area contributed by atoms with Gasteiger partial charge in [-0.2, -0.15) is 5.10 Å². The minimum Gasteiger partial charge on any atom is -0.497 e. The van der Waals surface area contributed by atoms with E-state index in [1.54, 1.807) is 14.2 Å². The normalized spacial score (nSPS) is 11.5. The first-order valence-electron chi connectivity index (χ1n) is 9.35. The number of nitrogens with zero attached hydrogens (tertiary/aromatic N) is 3. The summed E-state index contributed by atoms with van der Waals surface area (Å²) < 4.78 is 12.0. The Morgan fingerprint density at radius 2 is 1.86 bits per heavy atom. The quantitative estimate of drug-likeness (QED) is 0.524. The minimum atomic E-state index is -0.212. The van der Waals surface area contributed by atoms with Crippen LogP contribution >= 0.6 is 0 Å². The van der Waals surface area contributed by atoms with Gasteiger partial charge in [-0.15, -0.1) is 0 Å². The van der Waals surface area contributed by atoms with Crippen LogP contribution in [0.3, 0.4) is 0 Å². The highest BCUT2D eigenvalue weighted by atomic mass is 16.5. The van der Waals surface area contributed by atoms with Gasteiger partial charge in [0.25, 0.3) is 5.56 Å². The third-order valence-electron chi connectivity index (χ3n) is 4.84. The van der Waals surface area contributed by atoms with Crippen molar-refractivity contribution in [3.63, 3.8) is 0 Å². The lowest BCUT2D eigenvalue weighted by Crippen LogP contribution is -2.14. The maximum absolute atomic E-state index is 12.8. The molecular formula is C21H23N5O3. The summed E-state index contributed by atoms with van der Waals surface area (Å²) in [5, 5.41) is 10.5. The van der Waals surface area contributed by atoms with Gasteiger partial charge in [0.15, 0.2) is 5.65 Å². The number of nitrogens with one attached hydrogen (secondary N) is 2. The van der Waals surface area contributed by atoms with E-state index in [0.29, 0.717) is 29.6 Å². The van der Waals surface area contributed by atoms with Crippen LogP contribution in [0.4, 0.5) is 0 Å². The van der Waals surface area contributed by atoms with Gasteiger partial charge >= 0.3 is 0 Å². The van der Waals surface area contributed by atoms with E-state index in [4.69, 9.17) is 14.5 Å². The monoisotopic (exact) mass is 393 g/mol. The zero-order chi connectivity index (χ0) is 20.5. The molecule has 8 heteroatoms. The summed E-state index contributed by atoms with van der Waals surface area (Å²) in [6.45, 7) is 4.47. The van der Waals surface area contributed by atoms with Gasteiger partial charge in [0.2, 0.25) is 0 Å². The molecule has 0 radical (unpaired) electrons. The lowest BCUT2D eigenvalue weighted by atomic mass is 10.1. The average Bonchev–Trinajstić information content (AvgIpc) is 3.34. The summed E-state index contributed by atoms with van der Waals surface area (Å²) in [7, 11) is 3.24. The van der Waals surface area contributed by atoms with Crippen molar-refractivity contribution >= 4 is 5.65 Å². The van der Waals surface area contributed by atoms with E-state index in [0.717, 1.165) is 28.3 Å². The molecule has 150 valence electrons. The van der Waals surface area contributed by atoms with Crippen LogP contribution in [0.15, 0.2) is 41.2 Å². The van der Waals surface area contributed by atoms with Gasteiger partial charge in [-0.05, 0) is 29.7 Å². The highest BCUT2D eigenvalue weighted by Crippen LogP contribution is 2.30. The number of methoxy groups -OCH3 is 2. The van der Waals surface area contributed by atoms with Gasteiger partial charge in [0.05, 0.1) is 25.1 Å². The van der Waals surface area contributed by atoms with E-state index in [1.807, 2.05) is 30.3 Å². The molecule has 0 aliphatic carbocycles. The van der Waals surface area contributed by atoms with Crippen molar-refractivity contribution in [1.82, 2.24) is 24.8 Å². The average molecular weight is 393 g/mol. The molecule has 4 rings (SSSR count). The predicted molar refractivity (Wildman–Crippen MR) is 110 cm³/mol. The van der Waals surface area contributed by atoms with Gasteiger partial charge in [-0.25, -0.2) is 9.50 Å². The molecule has 3 aromatic heterocycles. The van der Waals surface area contributed by atoms with Gasteiger partial charge in [0, 0.05) is 24.4 Å². The molecule has 0 saturated carbocycles. The smallest absolute Gasteiger partial charge is 0.273 e. The Kier molecular flexibility index (Phi) is 4.94. The van der Waals surface area contributed by atoms with Crippen molar-refractivity contribution < 1.29 is 9.47 Å². The van der Waals surface area contributed by atoms with E-state index in [2.05, 4.69) is 29.1 Å². The molecule has 0 unspecified atom stereocenters. The van der Waals surface area contributed by atoms with Crippen LogP contribution in [0.5, 0.6) is 5.75 Å². The number of aromatic amines is 2. The molecule has 8 nitrogen and oxygen atoms in total. The molecule has 0 spiro atoms. The van der Waals surface area contributed by atoms with Crippen molar-refractivity contribution in [3.05, 3.63) is 58.1 Å². The third-order valence-corrected chi connectivity index (χ3v) is 4.84. The molecule has 29 heavy (non-hydrogen) atoms. The number of hydrogen-bond donors (Lipinski definition) is 2. The van der Waals surface area contributed by atoms with E-state index < -0.39 is 0 Å². The van der Waals surface area contributed by atoms with Crippen molar-refractivity contribution in [1.29, 1.82) is 0 Å².